The van der Waals surface area contributed by atoms with E-state index in [1.807, 2.05) is 41.4 Å². The van der Waals surface area contributed by atoms with E-state index in [9.17, 15) is 19.7 Å². The van der Waals surface area contributed by atoms with Crippen molar-refractivity contribution in [1.29, 1.82) is 10.5 Å². The highest BCUT2D eigenvalue weighted by atomic mass is 19.1. The Morgan fingerprint density at radius 3 is 2.14 bits per heavy atom. The highest BCUT2D eigenvalue weighted by Gasteiger charge is 2.67. The number of nitrogens with zero attached hydrogens (tertiary/aromatic N) is 3. The van der Waals surface area contributed by atoms with Gasteiger partial charge in [0, 0.05) is 17.5 Å². The van der Waals surface area contributed by atoms with Crippen LogP contribution in [-0.2, 0) is 4.79 Å². The minimum absolute atomic E-state index is 0.192. The Morgan fingerprint density at radius 2 is 1.53 bits per heavy atom. The molecule has 0 spiro atoms. The van der Waals surface area contributed by atoms with E-state index < -0.39 is 23.4 Å². The van der Waals surface area contributed by atoms with Crippen LogP contribution in [-0.4, -0.2) is 16.7 Å². The summed E-state index contributed by atoms with van der Waals surface area (Å²) in [5.41, 5.74) is 0.684. The molecule has 4 aliphatic carbocycles. The van der Waals surface area contributed by atoms with Gasteiger partial charge in [-0.3, -0.25) is 4.79 Å². The fraction of sp³-hybridized carbons (Fsp3) is 0.452. The van der Waals surface area contributed by atoms with Crippen LogP contribution in [0.1, 0.15) is 67.2 Å². The molecule has 5 fully saturated rings. The van der Waals surface area contributed by atoms with Gasteiger partial charge in [0.25, 0.3) is 0 Å². The van der Waals surface area contributed by atoms with Crippen molar-refractivity contribution in [2.24, 2.45) is 28.6 Å². The van der Waals surface area contributed by atoms with E-state index in [4.69, 9.17) is 0 Å². The Balaban J connectivity index is 1.43. The molecule has 2 aromatic carbocycles. The number of hydrogen-bond donors (Lipinski definition) is 0. The lowest BCUT2D eigenvalue weighted by atomic mass is 9.47. The van der Waals surface area contributed by atoms with Crippen LogP contribution in [0, 0.1) is 57.1 Å². The topological polar surface area (TPSA) is 67.9 Å². The lowest BCUT2D eigenvalue weighted by molar-refractivity contribution is -0.148. The zero-order valence-corrected chi connectivity index (χ0v) is 20.1. The standard InChI is InChI=1S/C31H28FN3O/c32-24-7-5-23(6-8-24)26-27(29(36)30-14-19-11-20(15-30)13-21(12-19)16-30)35-10-9-22-3-1-2-4-25(22)28(35)31(26,17-33)18-34/h1-10,19-21,26-28H,11-16H2/t19?,20?,21?,26-,27+,28-,30?/m0/s1. The maximum atomic E-state index is 14.9. The van der Waals surface area contributed by atoms with Gasteiger partial charge in [-0.05, 0) is 91.2 Å². The minimum Gasteiger partial charge on any atom is -0.357 e. The first-order valence-electron chi connectivity index (χ1n) is 13.1. The number of carbonyl (C=O) groups excluding carboxylic acids is 1. The van der Waals surface area contributed by atoms with E-state index in [0.717, 1.165) is 30.4 Å². The molecule has 180 valence electrons. The first-order chi connectivity index (χ1) is 17.5. The lowest BCUT2D eigenvalue weighted by Gasteiger charge is -2.57. The third-order valence-electron chi connectivity index (χ3n) is 10.0. The molecule has 3 atom stereocenters. The number of Topliss-reactive ketones (excluding diaryl/α,β-unsaturated/α-hetero) is 1. The van der Waals surface area contributed by atoms with Crippen LogP contribution in [0.5, 0.6) is 0 Å². The first kappa shape index (κ1) is 21.8. The molecular formula is C31H28FN3O. The summed E-state index contributed by atoms with van der Waals surface area (Å²) < 4.78 is 14.0. The van der Waals surface area contributed by atoms with Gasteiger partial charge in [-0.2, -0.15) is 10.5 Å². The second kappa shape index (κ2) is 7.53. The SMILES string of the molecule is N#CC1(C#N)[C@@H]2c3ccccc3C=CN2[C@@H](C(=O)C23CC4CC(CC(C4)C2)C3)[C@@H]1c1ccc(F)cc1. The van der Waals surface area contributed by atoms with Gasteiger partial charge in [0.2, 0.25) is 0 Å². The normalized spacial score (nSPS) is 36.6. The number of ketones is 1. The van der Waals surface area contributed by atoms with Crippen molar-refractivity contribution in [3.05, 3.63) is 77.2 Å². The van der Waals surface area contributed by atoms with E-state index >= 15 is 0 Å². The highest BCUT2D eigenvalue weighted by Crippen LogP contribution is 2.65. The largest absolute Gasteiger partial charge is 0.357 e. The average molecular weight is 478 g/mol. The van der Waals surface area contributed by atoms with Gasteiger partial charge < -0.3 is 4.90 Å². The summed E-state index contributed by atoms with van der Waals surface area (Å²) in [7, 11) is 0. The van der Waals surface area contributed by atoms with Crippen LogP contribution in [0.3, 0.4) is 0 Å². The molecule has 4 saturated carbocycles. The van der Waals surface area contributed by atoms with Crippen LogP contribution < -0.4 is 0 Å². The monoisotopic (exact) mass is 477 g/mol. The van der Waals surface area contributed by atoms with Crippen molar-refractivity contribution in [3.8, 4) is 12.1 Å². The summed E-state index contributed by atoms with van der Waals surface area (Å²) in [5.74, 6) is 0.970. The predicted molar refractivity (Wildman–Crippen MR) is 132 cm³/mol. The van der Waals surface area contributed by atoms with Crippen LogP contribution in [0.25, 0.3) is 6.08 Å². The lowest BCUT2D eigenvalue weighted by Crippen LogP contribution is -2.55. The van der Waals surface area contributed by atoms with E-state index in [1.54, 1.807) is 12.1 Å². The summed E-state index contributed by atoms with van der Waals surface area (Å²) in [6.45, 7) is 0. The Kier molecular flexibility index (Phi) is 4.56. The summed E-state index contributed by atoms with van der Waals surface area (Å²) in [4.78, 5) is 16.9. The third kappa shape index (κ3) is 2.81. The van der Waals surface area contributed by atoms with Gasteiger partial charge in [0.05, 0.1) is 24.2 Å². The van der Waals surface area contributed by atoms with Crippen molar-refractivity contribution in [1.82, 2.24) is 4.90 Å². The van der Waals surface area contributed by atoms with Crippen molar-refractivity contribution in [2.75, 3.05) is 0 Å². The van der Waals surface area contributed by atoms with Gasteiger partial charge in [0.1, 0.15) is 5.82 Å². The van der Waals surface area contributed by atoms with Crippen molar-refractivity contribution in [2.45, 2.75) is 56.5 Å². The number of halogens is 1. The Morgan fingerprint density at radius 1 is 0.917 bits per heavy atom. The summed E-state index contributed by atoms with van der Waals surface area (Å²) in [6, 6.07) is 17.5. The maximum absolute atomic E-state index is 14.9. The molecule has 5 heteroatoms. The number of rotatable bonds is 3. The van der Waals surface area contributed by atoms with Crippen LogP contribution in [0.15, 0.2) is 54.7 Å². The van der Waals surface area contributed by atoms with Gasteiger partial charge in [-0.15, -0.1) is 0 Å². The van der Waals surface area contributed by atoms with Crippen molar-refractivity contribution < 1.29 is 9.18 Å². The van der Waals surface area contributed by atoms with Gasteiger partial charge in [-0.1, -0.05) is 36.4 Å². The van der Waals surface area contributed by atoms with Gasteiger partial charge in [-0.25, -0.2) is 4.39 Å². The zero-order valence-electron chi connectivity index (χ0n) is 20.1. The molecule has 36 heavy (non-hydrogen) atoms. The molecule has 4 nitrogen and oxygen atoms in total. The molecule has 0 unspecified atom stereocenters. The van der Waals surface area contributed by atoms with E-state index in [0.29, 0.717) is 23.3 Å². The number of nitriles is 2. The fourth-order valence-corrected chi connectivity index (χ4v) is 9.06. The van der Waals surface area contributed by atoms with Crippen molar-refractivity contribution >= 4 is 11.9 Å². The Labute approximate surface area is 211 Å². The van der Waals surface area contributed by atoms with Crippen LogP contribution in [0.2, 0.25) is 0 Å². The van der Waals surface area contributed by atoms with E-state index in [-0.39, 0.29) is 17.0 Å². The Bertz CT molecular complexity index is 1310. The second-order valence-electron chi connectivity index (χ2n) is 11.9. The summed E-state index contributed by atoms with van der Waals surface area (Å²) in [5, 5.41) is 21.4. The molecule has 1 saturated heterocycles. The molecule has 4 bridgehead atoms. The third-order valence-corrected chi connectivity index (χ3v) is 10.0. The Hall–Kier alpha value is -3.44. The highest BCUT2D eigenvalue weighted by molar-refractivity contribution is 5.92. The molecule has 6 aliphatic rings. The maximum Gasteiger partial charge on any atom is 0.177 e. The minimum atomic E-state index is -1.48. The van der Waals surface area contributed by atoms with E-state index in [1.165, 1.54) is 31.4 Å². The number of fused-ring (bicyclic) bond motifs is 3. The number of carbonyl (C=O) groups is 1. The van der Waals surface area contributed by atoms with Gasteiger partial charge in [0.15, 0.2) is 11.2 Å². The smallest absolute Gasteiger partial charge is 0.177 e. The number of hydrogen-bond acceptors (Lipinski definition) is 4. The summed E-state index contributed by atoms with van der Waals surface area (Å²) >= 11 is 0. The fourth-order valence-electron chi connectivity index (χ4n) is 9.06. The number of benzene rings is 2. The van der Waals surface area contributed by atoms with Crippen LogP contribution in [0.4, 0.5) is 4.39 Å². The molecule has 0 radical (unpaired) electrons. The molecule has 2 aromatic rings. The zero-order chi connectivity index (χ0) is 24.7. The molecule has 0 aromatic heterocycles. The average Bonchev–Trinajstić information content (AvgIpc) is 3.19. The quantitative estimate of drug-likeness (QED) is 0.533. The first-order valence-corrected chi connectivity index (χ1v) is 13.1. The second-order valence-corrected chi connectivity index (χ2v) is 11.9. The molecule has 2 heterocycles. The molecule has 8 rings (SSSR count). The van der Waals surface area contributed by atoms with Gasteiger partial charge >= 0.3 is 0 Å². The molecule has 2 aliphatic heterocycles. The predicted octanol–water partition coefficient (Wildman–Crippen LogP) is 6.14. The van der Waals surface area contributed by atoms with Crippen LogP contribution >= 0.6 is 0 Å². The van der Waals surface area contributed by atoms with Crippen molar-refractivity contribution in [3.63, 3.8) is 0 Å². The molecule has 0 amide bonds. The molecule has 0 N–H and O–H groups in total. The van der Waals surface area contributed by atoms with E-state index in [2.05, 4.69) is 12.1 Å². The molecular weight excluding hydrogens is 449 g/mol. The summed E-state index contributed by atoms with van der Waals surface area (Å²) in [6.07, 6.45) is 10.4.